The summed E-state index contributed by atoms with van der Waals surface area (Å²) in [6.07, 6.45) is 2.40. The molecule has 1 N–H and O–H groups in total. The number of carbonyl (C=O) groups is 1. The molecule has 0 atom stereocenters. The fourth-order valence-electron chi connectivity index (χ4n) is 4.25. The summed E-state index contributed by atoms with van der Waals surface area (Å²) in [6, 6.07) is 14.1. The maximum absolute atomic E-state index is 11.2. The topological polar surface area (TPSA) is 40.5 Å². The summed E-state index contributed by atoms with van der Waals surface area (Å²) < 4.78 is 0. The summed E-state index contributed by atoms with van der Waals surface area (Å²) in [5.41, 5.74) is 5.80. The molecule has 0 unspecified atom stereocenters. The zero-order valence-electron chi connectivity index (χ0n) is 18.0. The third kappa shape index (κ3) is 3.94. The molecule has 0 spiro atoms. The third-order valence-corrected chi connectivity index (χ3v) is 6.12. The average Bonchev–Trinajstić information content (AvgIpc) is 2.63. The molecule has 0 fully saturated rings. The van der Waals surface area contributed by atoms with Gasteiger partial charge in [0.1, 0.15) is 0 Å². The standard InChI is InChI=1S/C25H33NO2/c1-17(2)16-26(19-9-7-18(8-10-19)23(27)28)20-11-12-21-22(15-20)25(5,6)14-13-24(21,3)4/h7-12,15,17H,13-14,16H2,1-6H3,(H,27,28). The summed E-state index contributed by atoms with van der Waals surface area (Å²) in [4.78, 5) is 13.5. The van der Waals surface area contributed by atoms with Crippen LogP contribution in [0.25, 0.3) is 0 Å². The first-order valence-corrected chi connectivity index (χ1v) is 10.3. The van der Waals surface area contributed by atoms with Crippen molar-refractivity contribution in [2.75, 3.05) is 11.4 Å². The highest BCUT2D eigenvalue weighted by atomic mass is 16.4. The van der Waals surface area contributed by atoms with E-state index in [1.54, 1.807) is 12.1 Å². The van der Waals surface area contributed by atoms with Crippen LogP contribution in [0.3, 0.4) is 0 Å². The number of nitrogens with zero attached hydrogens (tertiary/aromatic N) is 1. The molecule has 0 bridgehead atoms. The number of fused-ring (bicyclic) bond motifs is 1. The lowest BCUT2D eigenvalue weighted by Crippen LogP contribution is -2.34. The summed E-state index contributed by atoms with van der Waals surface area (Å²) in [7, 11) is 0. The fourth-order valence-corrected chi connectivity index (χ4v) is 4.25. The van der Waals surface area contributed by atoms with Crippen molar-refractivity contribution < 1.29 is 9.90 Å². The largest absolute Gasteiger partial charge is 0.478 e. The van der Waals surface area contributed by atoms with Gasteiger partial charge in [-0.3, -0.25) is 0 Å². The number of aromatic carboxylic acids is 1. The summed E-state index contributed by atoms with van der Waals surface area (Å²) >= 11 is 0. The zero-order valence-corrected chi connectivity index (χ0v) is 18.0. The highest BCUT2D eigenvalue weighted by Gasteiger charge is 2.37. The van der Waals surface area contributed by atoms with Crippen LogP contribution in [0, 0.1) is 5.92 Å². The number of benzene rings is 2. The molecule has 150 valence electrons. The Bertz CT molecular complexity index is 863. The van der Waals surface area contributed by atoms with Crippen LogP contribution in [0.2, 0.25) is 0 Å². The minimum absolute atomic E-state index is 0.164. The SMILES string of the molecule is CC(C)CN(c1ccc(C(=O)O)cc1)c1ccc2c(c1)C(C)(C)CCC2(C)C. The molecule has 0 heterocycles. The van der Waals surface area contributed by atoms with Gasteiger partial charge in [-0.05, 0) is 77.1 Å². The number of carboxylic acid groups (broad SMARTS) is 1. The number of rotatable bonds is 5. The van der Waals surface area contributed by atoms with Crippen LogP contribution in [-0.4, -0.2) is 17.6 Å². The number of carboxylic acids is 1. The smallest absolute Gasteiger partial charge is 0.335 e. The van der Waals surface area contributed by atoms with Crippen LogP contribution in [0.15, 0.2) is 42.5 Å². The van der Waals surface area contributed by atoms with Gasteiger partial charge in [0.2, 0.25) is 0 Å². The van der Waals surface area contributed by atoms with Crippen molar-refractivity contribution >= 4 is 17.3 Å². The molecule has 0 saturated heterocycles. The van der Waals surface area contributed by atoms with E-state index in [1.807, 2.05) is 12.1 Å². The van der Waals surface area contributed by atoms with Gasteiger partial charge in [-0.1, -0.05) is 47.6 Å². The number of anilines is 2. The molecule has 0 aliphatic heterocycles. The fraction of sp³-hybridized carbons (Fsp3) is 0.480. The minimum Gasteiger partial charge on any atom is -0.478 e. The maximum atomic E-state index is 11.2. The van der Waals surface area contributed by atoms with E-state index in [0.717, 1.165) is 12.2 Å². The monoisotopic (exact) mass is 379 g/mol. The normalized spacial score (nSPS) is 17.2. The maximum Gasteiger partial charge on any atom is 0.335 e. The molecular formula is C25H33NO2. The quantitative estimate of drug-likeness (QED) is 0.642. The van der Waals surface area contributed by atoms with Gasteiger partial charge in [-0.25, -0.2) is 4.79 Å². The third-order valence-electron chi connectivity index (χ3n) is 6.12. The Kier molecular flexibility index (Phi) is 5.31. The second-order valence-corrected chi connectivity index (χ2v) is 9.85. The molecule has 1 aliphatic rings. The van der Waals surface area contributed by atoms with Gasteiger partial charge in [-0.15, -0.1) is 0 Å². The second kappa shape index (κ2) is 7.27. The molecule has 0 aromatic heterocycles. The van der Waals surface area contributed by atoms with Crippen LogP contribution >= 0.6 is 0 Å². The van der Waals surface area contributed by atoms with Crippen molar-refractivity contribution in [2.24, 2.45) is 5.92 Å². The summed E-state index contributed by atoms with van der Waals surface area (Å²) in [5, 5.41) is 9.20. The van der Waals surface area contributed by atoms with Crippen LogP contribution < -0.4 is 4.90 Å². The van der Waals surface area contributed by atoms with Crippen molar-refractivity contribution in [2.45, 2.75) is 65.2 Å². The highest BCUT2D eigenvalue weighted by Crippen LogP contribution is 2.47. The summed E-state index contributed by atoms with van der Waals surface area (Å²) in [5.74, 6) is -0.403. The Balaban J connectivity index is 2.07. The van der Waals surface area contributed by atoms with E-state index in [-0.39, 0.29) is 10.8 Å². The van der Waals surface area contributed by atoms with E-state index in [9.17, 15) is 9.90 Å². The predicted octanol–water partition coefficient (Wildman–Crippen LogP) is 6.53. The molecule has 0 radical (unpaired) electrons. The molecule has 2 aromatic carbocycles. The molecule has 3 nitrogen and oxygen atoms in total. The van der Waals surface area contributed by atoms with Gasteiger partial charge in [-0.2, -0.15) is 0 Å². The Morgan fingerprint density at radius 1 is 0.929 bits per heavy atom. The molecular weight excluding hydrogens is 346 g/mol. The van der Waals surface area contributed by atoms with Gasteiger partial charge < -0.3 is 10.0 Å². The van der Waals surface area contributed by atoms with Gasteiger partial charge in [0.15, 0.2) is 0 Å². The van der Waals surface area contributed by atoms with Crippen molar-refractivity contribution in [3.8, 4) is 0 Å². The van der Waals surface area contributed by atoms with Gasteiger partial charge >= 0.3 is 5.97 Å². The first-order chi connectivity index (χ1) is 13.0. The molecule has 2 aromatic rings. The van der Waals surface area contributed by atoms with Gasteiger partial charge in [0.05, 0.1) is 5.56 Å². The van der Waals surface area contributed by atoms with E-state index in [0.29, 0.717) is 11.5 Å². The Morgan fingerprint density at radius 3 is 2.00 bits per heavy atom. The first kappa shape index (κ1) is 20.4. The molecule has 28 heavy (non-hydrogen) atoms. The molecule has 3 rings (SSSR count). The van der Waals surface area contributed by atoms with Gasteiger partial charge in [0, 0.05) is 17.9 Å². The first-order valence-electron chi connectivity index (χ1n) is 10.3. The van der Waals surface area contributed by atoms with Crippen LogP contribution in [0.5, 0.6) is 0 Å². The van der Waals surface area contributed by atoms with Crippen LogP contribution in [-0.2, 0) is 10.8 Å². The lowest BCUT2D eigenvalue weighted by atomic mass is 9.63. The van der Waals surface area contributed by atoms with Crippen LogP contribution in [0.4, 0.5) is 11.4 Å². The van der Waals surface area contributed by atoms with E-state index >= 15 is 0 Å². The molecule has 1 aliphatic carbocycles. The van der Waals surface area contributed by atoms with E-state index in [1.165, 1.54) is 29.7 Å². The Morgan fingerprint density at radius 2 is 1.46 bits per heavy atom. The summed E-state index contributed by atoms with van der Waals surface area (Å²) in [6.45, 7) is 14.7. The highest BCUT2D eigenvalue weighted by molar-refractivity contribution is 5.88. The average molecular weight is 380 g/mol. The molecule has 0 amide bonds. The Hall–Kier alpha value is -2.29. The van der Waals surface area contributed by atoms with E-state index in [2.05, 4.69) is 64.6 Å². The molecule has 0 saturated carbocycles. The number of hydrogen-bond donors (Lipinski definition) is 1. The number of hydrogen-bond acceptors (Lipinski definition) is 2. The van der Waals surface area contributed by atoms with Crippen molar-refractivity contribution in [3.05, 3.63) is 59.2 Å². The zero-order chi connectivity index (χ0) is 20.7. The Labute approximate surface area is 169 Å². The van der Waals surface area contributed by atoms with Crippen molar-refractivity contribution in [3.63, 3.8) is 0 Å². The minimum atomic E-state index is -0.889. The van der Waals surface area contributed by atoms with Gasteiger partial charge in [0.25, 0.3) is 0 Å². The second-order valence-electron chi connectivity index (χ2n) is 9.85. The van der Waals surface area contributed by atoms with Crippen molar-refractivity contribution in [1.82, 2.24) is 0 Å². The molecule has 3 heteroatoms. The van der Waals surface area contributed by atoms with E-state index < -0.39 is 5.97 Å². The predicted molar refractivity (Wildman–Crippen MR) is 117 cm³/mol. The lowest BCUT2D eigenvalue weighted by Gasteiger charge is -2.42. The van der Waals surface area contributed by atoms with E-state index in [4.69, 9.17) is 0 Å². The van der Waals surface area contributed by atoms with Crippen molar-refractivity contribution in [1.29, 1.82) is 0 Å². The van der Waals surface area contributed by atoms with Crippen LogP contribution in [0.1, 0.15) is 75.9 Å². The lowest BCUT2D eigenvalue weighted by molar-refractivity contribution is 0.0697.